The second-order valence-electron chi connectivity index (χ2n) is 4.88. The third kappa shape index (κ3) is 3.89. The van der Waals surface area contributed by atoms with Crippen LogP contribution in [0.25, 0.3) is 0 Å². The minimum atomic E-state index is -0.466. The first-order valence-electron chi connectivity index (χ1n) is 7.02. The number of hydrogen-bond acceptors (Lipinski definition) is 4. The molecule has 5 nitrogen and oxygen atoms in total. The number of hydrogen-bond donors (Lipinski definition) is 2. The van der Waals surface area contributed by atoms with Crippen molar-refractivity contribution in [3.63, 3.8) is 0 Å². The highest BCUT2D eigenvalue weighted by Crippen LogP contribution is 2.16. The van der Waals surface area contributed by atoms with Crippen LogP contribution in [0.2, 0.25) is 0 Å². The summed E-state index contributed by atoms with van der Waals surface area (Å²) in [5, 5.41) is 5.49. The van der Waals surface area contributed by atoms with Crippen LogP contribution in [0.5, 0.6) is 0 Å². The fraction of sp³-hybridized carbons (Fsp3) is 0. The van der Waals surface area contributed by atoms with Gasteiger partial charge in [-0.1, -0.05) is 6.07 Å². The Hall–Kier alpha value is -3.35. The van der Waals surface area contributed by atoms with Crippen LogP contribution >= 0.6 is 0 Å². The summed E-state index contributed by atoms with van der Waals surface area (Å²) in [6.45, 7) is 0. The Morgan fingerprint density at radius 1 is 0.875 bits per heavy atom. The summed E-state index contributed by atoms with van der Waals surface area (Å²) in [4.78, 5) is 20.1. The van der Waals surface area contributed by atoms with E-state index in [0.29, 0.717) is 17.2 Å². The molecule has 0 spiro atoms. The summed E-state index contributed by atoms with van der Waals surface area (Å²) in [5.41, 5.74) is 1.06. The zero-order valence-electron chi connectivity index (χ0n) is 12.3. The van der Waals surface area contributed by atoms with Gasteiger partial charge in [-0.3, -0.25) is 4.79 Å². The number of carbonyl (C=O) groups excluding carboxylic acids is 1. The SMILES string of the molecule is O=C(Nc1ccc(F)cc1)c1cc(Nc2cccc(F)c2)ncn1. The van der Waals surface area contributed by atoms with Gasteiger partial charge in [-0.05, 0) is 42.5 Å². The Morgan fingerprint density at radius 3 is 2.42 bits per heavy atom. The maximum Gasteiger partial charge on any atom is 0.274 e. The standard InChI is InChI=1S/C17H12F2N4O/c18-11-4-6-13(7-5-11)23-17(24)15-9-16(21-10-20-15)22-14-3-1-2-12(19)8-14/h1-10H,(H,23,24)(H,20,21,22). The third-order valence-corrected chi connectivity index (χ3v) is 3.10. The van der Waals surface area contributed by atoms with Crippen molar-refractivity contribution in [1.29, 1.82) is 0 Å². The van der Waals surface area contributed by atoms with Gasteiger partial charge in [0.2, 0.25) is 0 Å². The molecule has 0 aliphatic heterocycles. The molecule has 1 amide bonds. The van der Waals surface area contributed by atoms with Crippen LogP contribution < -0.4 is 10.6 Å². The third-order valence-electron chi connectivity index (χ3n) is 3.10. The van der Waals surface area contributed by atoms with E-state index in [0.717, 1.165) is 0 Å². The summed E-state index contributed by atoms with van der Waals surface area (Å²) in [6, 6.07) is 12.7. The van der Waals surface area contributed by atoms with Gasteiger partial charge in [0, 0.05) is 17.4 Å². The van der Waals surface area contributed by atoms with Crippen LogP contribution in [-0.2, 0) is 0 Å². The Bertz CT molecular complexity index is 868. The number of nitrogens with one attached hydrogen (secondary N) is 2. The van der Waals surface area contributed by atoms with Crippen molar-refractivity contribution >= 4 is 23.1 Å². The van der Waals surface area contributed by atoms with Crippen LogP contribution in [-0.4, -0.2) is 15.9 Å². The molecule has 3 aromatic rings. The molecule has 0 saturated heterocycles. The van der Waals surface area contributed by atoms with Crippen molar-refractivity contribution in [2.45, 2.75) is 0 Å². The molecule has 0 saturated carbocycles. The second kappa shape index (κ2) is 6.82. The summed E-state index contributed by atoms with van der Waals surface area (Å²) >= 11 is 0. The normalized spacial score (nSPS) is 10.2. The fourth-order valence-electron chi connectivity index (χ4n) is 1.99. The van der Waals surface area contributed by atoms with E-state index in [1.807, 2.05) is 0 Å². The predicted octanol–water partition coefficient (Wildman–Crippen LogP) is 3.75. The van der Waals surface area contributed by atoms with Gasteiger partial charge in [-0.2, -0.15) is 0 Å². The molecular weight excluding hydrogens is 314 g/mol. The molecule has 24 heavy (non-hydrogen) atoms. The Labute approximate surface area is 136 Å². The molecule has 2 aromatic carbocycles. The van der Waals surface area contributed by atoms with Crippen LogP contribution in [0.15, 0.2) is 60.9 Å². The summed E-state index contributed by atoms with van der Waals surface area (Å²) in [6.07, 6.45) is 1.22. The molecule has 0 atom stereocenters. The van der Waals surface area contributed by atoms with Gasteiger partial charge in [0.15, 0.2) is 0 Å². The molecule has 3 rings (SSSR count). The van der Waals surface area contributed by atoms with Crippen molar-refractivity contribution in [3.05, 3.63) is 78.3 Å². The molecule has 0 bridgehead atoms. The Kier molecular flexibility index (Phi) is 4.42. The first-order chi connectivity index (χ1) is 11.6. The van der Waals surface area contributed by atoms with E-state index < -0.39 is 11.7 Å². The van der Waals surface area contributed by atoms with Gasteiger partial charge in [-0.25, -0.2) is 18.7 Å². The average Bonchev–Trinajstić information content (AvgIpc) is 2.57. The zero-order valence-corrected chi connectivity index (χ0v) is 12.3. The Morgan fingerprint density at radius 2 is 1.67 bits per heavy atom. The molecule has 0 radical (unpaired) electrons. The van der Waals surface area contributed by atoms with Gasteiger partial charge in [0.1, 0.15) is 29.5 Å². The molecule has 1 heterocycles. The van der Waals surface area contributed by atoms with Crippen molar-refractivity contribution in [1.82, 2.24) is 9.97 Å². The molecule has 0 fully saturated rings. The quantitative estimate of drug-likeness (QED) is 0.766. The fourth-order valence-corrected chi connectivity index (χ4v) is 1.99. The van der Waals surface area contributed by atoms with E-state index in [4.69, 9.17) is 0 Å². The van der Waals surface area contributed by atoms with E-state index in [1.54, 1.807) is 12.1 Å². The highest BCUT2D eigenvalue weighted by molar-refractivity contribution is 6.03. The maximum absolute atomic E-state index is 13.2. The van der Waals surface area contributed by atoms with Crippen molar-refractivity contribution in [2.75, 3.05) is 10.6 Å². The Balaban J connectivity index is 1.74. The van der Waals surface area contributed by atoms with Gasteiger partial charge >= 0.3 is 0 Å². The van der Waals surface area contributed by atoms with E-state index in [2.05, 4.69) is 20.6 Å². The monoisotopic (exact) mass is 326 g/mol. The first kappa shape index (κ1) is 15.5. The number of aromatic nitrogens is 2. The summed E-state index contributed by atoms with van der Waals surface area (Å²) in [7, 11) is 0. The lowest BCUT2D eigenvalue weighted by Crippen LogP contribution is -2.14. The number of amides is 1. The van der Waals surface area contributed by atoms with Gasteiger partial charge in [0.05, 0.1) is 0 Å². The second-order valence-corrected chi connectivity index (χ2v) is 4.88. The maximum atomic E-state index is 13.2. The molecule has 0 aliphatic carbocycles. The first-order valence-corrected chi connectivity index (χ1v) is 7.02. The van der Waals surface area contributed by atoms with Crippen LogP contribution in [0, 0.1) is 11.6 Å². The molecular formula is C17H12F2N4O. The molecule has 0 aliphatic rings. The lowest BCUT2D eigenvalue weighted by Gasteiger charge is -2.08. The summed E-state index contributed by atoms with van der Waals surface area (Å²) in [5.74, 6) is -0.897. The van der Waals surface area contributed by atoms with Crippen molar-refractivity contribution in [3.8, 4) is 0 Å². The predicted molar refractivity (Wildman–Crippen MR) is 86.1 cm³/mol. The van der Waals surface area contributed by atoms with Gasteiger partial charge in [-0.15, -0.1) is 0 Å². The average molecular weight is 326 g/mol. The lowest BCUT2D eigenvalue weighted by atomic mass is 10.3. The lowest BCUT2D eigenvalue weighted by molar-refractivity contribution is 0.102. The minimum Gasteiger partial charge on any atom is -0.340 e. The number of carbonyl (C=O) groups is 1. The molecule has 2 N–H and O–H groups in total. The number of anilines is 3. The number of rotatable bonds is 4. The minimum absolute atomic E-state index is 0.119. The van der Waals surface area contributed by atoms with Crippen LogP contribution in [0.1, 0.15) is 10.5 Å². The molecule has 0 unspecified atom stereocenters. The smallest absolute Gasteiger partial charge is 0.274 e. The molecule has 120 valence electrons. The zero-order chi connectivity index (χ0) is 16.9. The highest BCUT2D eigenvalue weighted by atomic mass is 19.1. The number of benzene rings is 2. The van der Waals surface area contributed by atoms with Gasteiger partial charge in [0.25, 0.3) is 5.91 Å². The summed E-state index contributed by atoms with van der Waals surface area (Å²) < 4.78 is 26.1. The van der Waals surface area contributed by atoms with E-state index in [9.17, 15) is 13.6 Å². The largest absolute Gasteiger partial charge is 0.340 e. The van der Waals surface area contributed by atoms with E-state index >= 15 is 0 Å². The van der Waals surface area contributed by atoms with Gasteiger partial charge < -0.3 is 10.6 Å². The topological polar surface area (TPSA) is 66.9 Å². The number of nitrogens with zero attached hydrogens (tertiary/aromatic N) is 2. The van der Waals surface area contributed by atoms with E-state index in [-0.39, 0.29) is 11.5 Å². The van der Waals surface area contributed by atoms with Crippen LogP contribution in [0.3, 0.4) is 0 Å². The van der Waals surface area contributed by atoms with Crippen molar-refractivity contribution in [2.24, 2.45) is 0 Å². The molecule has 7 heteroatoms. The van der Waals surface area contributed by atoms with E-state index in [1.165, 1.54) is 48.8 Å². The highest BCUT2D eigenvalue weighted by Gasteiger charge is 2.09. The van der Waals surface area contributed by atoms with Crippen molar-refractivity contribution < 1.29 is 13.6 Å². The number of halogens is 2. The van der Waals surface area contributed by atoms with Crippen LogP contribution in [0.4, 0.5) is 26.0 Å². The molecule has 1 aromatic heterocycles.